The lowest BCUT2D eigenvalue weighted by Gasteiger charge is -2.13. The summed E-state index contributed by atoms with van der Waals surface area (Å²) >= 11 is 3.23. The van der Waals surface area contributed by atoms with Gasteiger partial charge in [0.1, 0.15) is 18.2 Å². The maximum Gasteiger partial charge on any atom is 0.130 e. The molecule has 0 fully saturated rings. The van der Waals surface area contributed by atoms with Crippen LogP contribution in [0.25, 0.3) is 0 Å². The number of hydrogen-bond acceptors (Lipinski definition) is 2. The molecule has 0 bridgehead atoms. The van der Waals surface area contributed by atoms with E-state index in [4.69, 9.17) is 10.5 Å². The number of nitrogens with two attached hydrogens (primary N) is 1. The van der Waals surface area contributed by atoms with E-state index in [2.05, 4.69) is 15.9 Å². The molecule has 100 valence electrons. The van der Waals surface area contributed by atoms with E-state index in [0.29, 0.717) is 15.7 Å². The van der Waals surface area contributed by atoms with Gasteiger partial charge in [0.2, 0.25) is 0 Å². The Morgan fingerprint density at radius 2 is 1.79 bits per heavy atom. The maximum atomic E-state index is 13.7. The summed E-state index contributed by atoms with van der Waals surface area (Å²) in [7, 11) is 0. The van der Waals surface area contributed by atoms with Crippen LogP contribution in [0.15, 0.2) is 34.8 Å². The van der Waals surface area contributed by atoms with E-state index in [1.54, 1.807) is 12.1 Å². The smallest absolute Gasteiger partial charge is 0.130 e. The summed E-state index contributed by atoms with van der Waals surface area (Å²) < 4.78 is 20.1. The first-order valence-electron chi connectivity index (χ1n) is 5.91. The number of anilines is 1. The van der Waals surface area contributed by atoms with Gasteiger partial charge in [-0.1, -0.05) is 22.0 Å². The van der Waals surface area contributed by atoms with Crippen LogP contribution in [-0.4, -0.2) is 0 Å². The highest BCUT2D eigenvalue weighted by molar-refractivity contribution is 9.10. The van der Waals surface area contributed by atoms with Crippen molar-refractivity contribution < 1.29 is 9.13 Å². The second-order valence-electron chi connectivity index (χ2n) is 4.51. The highest BCUT2D eigenvalue weighted by Crippen LogP contribution is 2.27. The van der Waals surface area contributed by atoms with Crippen LogP contribution in [0, 0.1) is 19.7 Å². The highest BCUT2D eigenvalue weighted by atomic mass is 79.9. The molecule has 2 N–H and O–H groups in total. The fraction of sp³-hybridized carbons (Fsp3) is 0.200. The first-order chi connectivity index (χ1) is 8.97. The summed E-state index contributed by atoms with van der Waals surface area (Å²) in [5.74, 6) is 0.483. The average Bonchev–Trinajstić information content (AvgIpc) is 2.30. The van der Waals surface area contributed by atoms with E-state index in [9.17, 15) is 4.39 Å². The molecule has 0 aliphatic heterocycles. The summed E-state index contributed by atoms with van der Waals surface area (Å²) in [4.78, 5) is 0. The van der Waals surface area contributed by atoms with Crippen LogP contribution >= 0.6 is 15.9 Å². The minimum absolute atomic E-state index is 0.199. The molecule has 0 amide bonds. The quantitative estimate of drug-likeness (QED) is 0.851. The van der Waals surface area contributed by atoms with Gasteiger partial charge in [-0.15, -0.1) is 0 Å². The number of halogens is 2. The van der Waals surface area contributed by atoms with Crippen LogP contribution in [-0.2, 0) is 6.61 Å². The van der Waals surface area contributed by atoms with Gasteiger partial charge in [-0.2, -0.15) is 0 Å². The Bertz CT molecular complexity index is 590. The first kappa shape index (κ1) is 13.9. The van der Waals surface area contributed by atoms with E-state index in [-0.39, 0.29) is 12.4 Å². The Kier molecular flexibility index (Phi) is 4.10. The molecule has 2 aromatic carbocycles. The molecule has 2 rings (SSSR count). The van der Waals surface area contributed by atoms with Crippen molar-refractivity contribution in [2.24, 2.45) is 0 Å². The molecule has 4 heteroatoms. The van der Waals surface area contributed by atoms with Gasteiger partial charge in [0, 0.05) is 15.7 Å². The summed E-state index contributed by atoms with van der Waals surface area (Å²) in [6.45, 7) is 4.05. The maximum absolute atomic E-state index is 13.7. The number of aryl methyl sites for hydroxylation is 2. The number of ether oxygens (including phenoxy) is 1. The second kappa shape index (κ2) is 5.61. The van der Waals surface area contributed by atoms with E-state index in [1.807, 2.05) is 26.0 Å². The van der Waals surface area contributed by atoms with Crippen LogP contribution in [0.3, 0.4) is 0 Å². The van der Waals surface area contributed by atoms with Crippen molar-refractivity contribution in [3.05, 3.63) is 57.3 Å². The van der Waals surface area contributed by atoms with E-state index in [1.165, 1.54) is 6.07 Å². The standard InChI is InChI=1S/C15H15BrFNO/c1-9-5-13(18)6-10(2)15(9)19-8-11-3-4-12(16)7-14(11)17/h3-7H,8,18H2,1-2H3. The van der Waals surface area contributed by atoms with E-state index < -0.39 is 0 Å². The normalized spacial score (nSPS) is 10.5. The van der Waals surface area contributed by atoms with Crippen molar-refractivity contribution in [3.63, 3.8) is 0 Å². The largest absolute Gasteiger partial charge is 0.488 e. The molecule has 0 spiro atoms. The van der Waals surface area contributed by atoms with Gasteiger partial charge in [-0.25, -0.2) is 4.39 Å². The first-order valence-corrected chi connectivity index (χ1v) is 6.70. The van der Waals surface area contributed by atoms with Gasteiger partial charge in [0.15, 0.2) is 0 Å². The molecule has 0 saturated carbocycles. The lowest BCUT2D eigenvalue weighted by atomic mass is 10.1. The molecule has 0 aliphatic rings. The van der Waals surface area contributed by atoms with Crippen molar-refractivity contribution in [1.82, 2.24) is 0 Å². The summed E-state index contributed by atoms with van der Waals surface area (Å²) in [5, 5.41) is 0. The number of nitrogen functional groups attached to an aromatic ring is 1. The number of rotatable bonds is 3. The van der Waals surface area contributed by atoms with Gasteiger partial charge in [0.05, 0.1) is 0 Å². The van der Waals surface area contributed by atoms with E-state index in [0.717, 1.165) is 16.9 Å². The SMILES string of the molecule is Cc1cc(N)cc(C)c1OCc1ccc(Br)cc1F. The Balaban J connectivity index is 2.19. The molecule has 19 heavy (non-hydrogen) atoms. The molecular formula is C15H15BrFNO. The molecule has 0 heterocycles. The number of hydrogen-bond donors (Lipinski definition) is 1. The minimum Gasteiger partial charge on any atom is -0.488 e. The van der Waals surface area contributed by atoms with Crippen molar-refractivity contribution >= 4 is 21.6 Å². The topological polar surface area (TPSA) is 35.2 Å². The third-order valence-corrected chi connectivity index (χ3v) is 3.36. The molecule has 0 unspecified atom stereocenters. The van der Waals surface area contributed by atoms with Crippen LogP contribution in [0.1, 0.15) is 16.7 Å². The van der Waals surface area contributed by atoms with Gasteiger partial charge in [0.25, 0.3) is 0 Å². The molecule has 0 radical (unpaired) electrons. The van der Waals surface area contributed by atoms with Crippen LogP contribution in [0.2, 0.25) is 0 Å². The number of benzene rings is 2. The zero-order chi connectivity index (χ0) is 14.0. The molecular weight excluding hydrogens is 309 g/mol. The predicted octanol–water partition coefficient (Wildman–Crippen LogP) is 4.37. The van der Waals surface area contributed by atoms with Gasteiger partial charge < -0.3 is 10.5 Å². The lowest BCUT2D eigenvalue weighted by Crippen LogP contribution is -2.02. The lowest BCUT2D eigenvalue weighted by molar-refractivity contribution is 0.296. The van der Waals surface area contributed by atoms with Crippen molar-refractivity contribution in [2.75, 3.05) is 5.73 Å². The van der Waals surface area contributed by atoms with Crippen molar-refractivity contribution in [1.29, 1.82) is 0 Å². The Morgan fingerprint density at radius 3 is 2.37 bits per heavy atom. The minimum atomic E-state index is -0.278. The molecule has 0 atom stereocenters. The predicted molar refractivity (Wildman–Crippen MR) is 78.8 cm³/mol. The molecule has 0 aromatic heterocycles. The molecule has 0 aliphatic carbocycles. The monoisotopic (exact) mass is 323 g/mol. The van der Waals surface area contributed by atoms with E-state index >= 15 is 0 Å². The molecule has 0 saturated heterocycles. The van der Waals surface area contributed by atoms with Crippen molar-refractivity contribution in [2.45, 2.75) is 20.5 Å². The third kappa shape index (κ3) is 3.26. The van der Waals surface area contributed by atoms with Crippen LogP contribution in [0.5, 0.6) is 5.75 Å². The fourth-order valence-corrected chi connectivity index (χ4v) is 2.33. The Labute approximate surface area is 120 Å². The Hall–Kier alpha value is -1.55. The second-order valence-corrected chi connectivity index (χ2v) is 5.42. The van der Waals surface area contributed by atoms with Gasteiger partial charge in [-0.3, -0.25) is 0 Å². The summed E-state index contributed by atoms with van der Waals surface area (Å²) in [6.07, 6.45) is 0. The van der Waals surface area contributed by atoms with Gasteiger partial charge >= 0.3 is 0 Å². The zero-order valence-electron chi connectivity index (χ0n) is 10.8. The third-order valence-electron chi connectivity index (χ3n) is 2.87. The summed E-state index contributed by atoms with van der Waals surface area (Å²) in [5.41, 5.74) is 8.90. The van der Waals surface area contributed by atoms with Crippen molar-refractivity contribution in [3.8, 4) is 5.75 Å². The average molecular weight is 324 g/mol. The molecule has 2 aromatic rings. The summed E-state index contributed by atoms with van der Waals surface area (Å²) in [6, 6.07) is 8.63. The fourth-order valence-electron chi connectivity index (χ4n) is 2.00. The van der Waals surface area contributed by atoms with Crippen LogP contribution in [0.4, 0.5) is 10.1 Å². The highest BCUT2D eigenvalue weighted by Gasteiger charge is 2.08. The molecule has 2 nitrogen and oxygen atoms in total. The zero-order valence-corrected chi connectivity index (χ0v) is 12.4. The van der Waals surface area contributed by atoms with Gasteiger partial charge in [-0.05, 0) is 49.2 Å². The van der Waals surface area contributed by atoms with Crippen LogP contribution < -0.4 is 10.5 Å². The Morgan fingerprint density at radius 1 is 1.16 bits per heavy atom.